The molecule has 0 saturated carbocycles. The first-order chi connectivity index (χ1) is 16.5. The minimum Gasteiger partial charge on any atom is -0.497 e. The quantitative estimate of drug-likeness (QED) is 0.491. The predicted octanol–water partition coefficient (Wildman–Crippen LogP) is 3.46. The zero-order valence-electron chi connectivity index (χ0n) is 19.5. The van der Waals surface area contributed by atoms with Crippen molar-refractivity contribution in [1.82, 2.24) is 24.3 Å². The number of amides is 1. The summed E-state index contributed by atoms with van der Waals surface area (Å²) in [4.78, 5) is 31.2. The van der Waals surface area contributed by atoms with Gasteiger partial charge in [-0.25, -0.2) is 9.97 Å². The van der Waals surface area contributed by atoms with Gasteiger partial charge in [-0.3, -0.25) is 9.20 Å². The summed E-state index contributed by atoms with van der Waals surface area (Å²) in [5, 5.41) is 3.34. The molecule has 34 heavy (non-hydrogen) atoms. The Morgan fingerprint density at radius 1 is 0.971 bits per heavy atom. The number of imidazole rings is 1. The van der Waals surface area contributed by atoms with Crippen LogP contribution in [0.2, 0.25) is 0 Å². The lowest BCUT2D eigenvalue weighted by atomic mass is 10.2. The molecular weight excluding hydrogens is 430 g/mol. The first-order valence-corrected chi connectivity index (χ1v) is 11.3. The lowest BCUT2D eigenvalue weighted by Crippen LogP contribution is -2.49. The third kappa shape index (κ3) is 4.24. The molecule has 9 nitrogen and oxygen atoms in total. The maximum Gasteiger partial charge on any atom is 0.272 e. The lowest BCUT2D eigenvalue weighted by molar-refractivity contribution is 0.0738. The molecule has 0 aliphatic carbocycles. The number of hydrogen-bond donors (Lipinski definition) is 1. The molecule has 1 aromatic carbocycles. The van der Waals surface area contributed by atoms with E-state index in [-0.39, 0.29) is 5.91 Å². The van der Waals surface area contributed by atoms with Crippen molar-refractivity contribution in [3.8, 4) is 5.75 Å². The number of hydrogen-bond acceptors (Lipinski definition) is 7. The van der Waals surface area contributed by atoms with Crippen LogP contribution in [-0.4, -0.2) is 63.4 Å². The second-order valence-corrected chi connectivity index (χ2v) is 8.30. The molecule has 1 amide bonds. The van der Waals surface area contributed by atoms with Gasteiger partial charge in [0.25, 0.3) is 5.91 Å². The van der Waals surface area contributed by atoms with Gasteiger partial charge in [0.15, 0.2) is 0 Å². The maximum atomic E-state index is 13.3. The van der Waals surface area contributed by atoms with Gasteiger partial charge in [-0.15, -0.1) is 0 Å². The molecule has 1 saturated heterocycles. The molecule has 0 radical (unpaired) electrons. The molecule has 4 heterocycles. The van der Waals surface area contributed by atoms with Crippen LogP contribution in [0.25, 0.3) is 5.65 Å². The molecular formula is C25H27N7O2. The summed E-state index contributed by atoms with van der Waals surface area (Å²) in [6.07, 6.45) is 1.89. The van der Waals surface area contributed by atoms with E-state index >= 15 is 0 Å². The standard InChI is InChI=1S/C25H27N7O2/c1-17-16-21(28-19-7-9-20(34-3)10-8-19)29-25(26-17)31-14-12-30(13-15-31)24(33)23-18(2)27-22-6-4-5-11-32(22)23/h4-11,16H,12-15H2,1-3H3,(H,26,28,29). The number of ether oxygens (including phenoxy) is 1. The number of pyridine rings is 1. The van der Waals surface area contributed by atoms with E-state index in [2.05, 4.69) is 20.2 Å². The van der Waals surface area contributed by atoms with Crippen molar-refractivity contribution in [1.29, 1.82) is 0 Å². The molecule has 0 atom stereocenters. The van der Waals surface area contributed by atoms with E-state index in [4.69, 9.17) is 9.72 Å². The number of benzene rings is 1. The molecule has 4 aromatic rings. The molecule has 1 N–H and O–H groups in total. The minimum atomic E-state index is 0.00266. The Morgan fingerprint density at radius 3 is 2.47 bits per heavy atom. The molecule has 174 valence electrons. The average Bonchev–Trinajstić information content (AvgIpc) is 3.19. The summed E-state index contributed by atoms with van der Waals surface area (Å²) in [5.74, 6) is 2.20. The number of carbonyl (C=O) groups excluding carboxylic acids is 1. The lowest BCUT2D eigenvalue weighted by Gasteiger charge is -2.35. The van der Waals surface area contributed by atoms with E-state index in [0.29, 0.717) is 37.8 Å². The number of aryl methyl sites for hydroxylation is 2. The molecule has 1 aliphatic rings. The van der Waals surface area contributed by atoms with Crippen molar-refractivity contribution < 1.29 is 9.53 Å². The number of nitrogens with one attached hydrogen (secondary N) is 1. The Labute approximate surface area is 198 Å². The first-order valence-electron chi connectivity index (χ1n) is 11.3. The second-order valence-electron chi connectivity index (χ2n) is 8.30. The number of rotatable bonds is 5. The zero-order chi connectivity index (χ0) is 23.7. The van der Waals surface area contributed by atoms with Crippen LogP contribution in [0.15, 0.2) is 54.7 Å². The van der Waals surface area contributed by atoms with Gasteiger partial charge >= 0.3 is 0 Å². The van der Waals surface area contributed by atoms with Crippen molar-refractivity contribution in [2.75, 3.05) is 43.5 Å². The largest absolute Gasteiger partial charge is 0.497 e. The summed E-state index contributed by atoms with van der Waals surface area (Å²) in [6.45, 7) is 6.35. The van der Waals surface area contributed by atoms with Crippen LogP contribution in [0.4, 0.5) is 17.5 Å². The van der Waals surface area contributed by atoms with Crippen molar-refractivity contribution in [2.45, 2.75) is 13.8 Å². The van der Waals surface area contributed by atoms with E-state index in [1.54, 1.807) is 7.11 Å². The third-order valence-electron chi connectivity index (χ3n) is 5.96. The van der Waals surface area contributed by atoms with Crippen molar-refractivity contribution in [2.24, 2.45) is 0 Å². The molecule has 9 heteroatoms. The smallest absolute Gasteiger partial charge is 0.272 e. The molecule has 0 bridgehead atoms. The highest BCUT2D eigenvalue weighted by atomic mass is 16.5. The Hall–Kier alpha value is -4.14. The number of fused-ring (bicyclic) bond motifs is 1. The summed E-state index contributed by atoms with van der Waals surface area (Å²) < 4.78 is 7.09. The van der Waals surface area contributed by atoms with Crippen LogP contribution >= 0.6 is 0 Å². The van der Waals surface area contributed by atoms with Gasteiger partial charge in [0, 0.05) is 49.8 Å². The summed E-state index contributed by atoms with van der Waals surface area (Å²) >= 11 is 0. The number of methoxy groups -OCH3 is 1. The number of anilines is 3. The molecule has 0 spiro atoms. The van der Waals surface area contributed by atoms with Crippen LogP contribution in [0.3, 0.4) is 0 Å². The van der Waals surface area contributed by atoms with E-state index in [1.807, 2.05) is 77.9 Å². The van der Waals surface area contributed by atoms with Crippen LogP contribution in [0.5, 0.6) is 5.75 Å². The fourth-order valence-corrected chi connectivity index (χ4v) is 4.21. The Kier molecular flexibility index (Phi) is 5.75. The summed E-state index contributed by atoms with van der Waals surface area (Å²) in [6, 6.07) is 15.4. The summed E-state index contributed by atoms with van der Waals surface area (Å²) in [5.41, 5.74) is 3.95. The van der Waals surface area contributed by atoms with Crippen LogP contribution in [-0.2, 0) is 0 Å². The maximum absolute atomic E-state index is 13.3. The predicted molar refractivity (Wildman–Crippen MR) is 131 cm³/mol. The number of piperazine rings is 1. The normalized spacial score (nSPS) is 13.9. The number of nitrogens with zero attached hydrogens (tertiary/aromatic N) is 6. The van der Waals surface area contributed by atoms with Crippen LogP contribution in [0, 0.1) is 13.8 Å². The molecule has 5 rings (SSSR count). The van der Waals surface area contributed by atoms with Gasteiger partial charge in [0.2, 0.25) is 5.95 Å². The minimum absolute atomic E-state index is 0.00266. The highest BCUT2D eigenvalue weighted by Crippen LogP contribution is 2.22. The van der Waals surface area contributed by atoms with Gasteiger partial charge < -0.3 is 19.9 Å². The van der Waals surface area contributed by atoms with Crippen LogP contribution in [0.1, 0.15) is 21.9 Å². The number of aromatic nitrogens is 4. The van der Waals surface area contributed by atoms with Crippen LogP contribution < -0.4 is 15.0 Å². The van der Waals surface area contributed by atoms with Crippen molar-refractivity contribution in [3.05, 3.63) is 71.8 Å². The Balaban J connectivity index is 1.28. The molecule has 1 aliphatic heterocycles. The van der Waals surface area contributed by atoms with Gasteiger partial charge in [0.1, 0.15) is 22.9 Å². The topological polar surface area (TPSA) is 87.9 Å². The zero-order valence-corrected chi connectivity index (χ0v) is 19.5. The molecule has 0 unspecified atom stereocenters. The SMILES string of the molecule is COc1ccc(Nc2cc(C)nc(N3CCN(C(=O)c4c(C)nc5ccccn45)CC3)n2)cc1. The monoisotopic (exact) mass is 457 g/mol. The average molecular weight is 458 g/mol. The first kappa shape index (κ1) is 21.7. The van der Waals surface area contributed by atoms with Crippen molar-refractivity contribution >= 4 is 29.0 Å². The van der Waals surface area contributed by atoms with Crippen molar-refractivity contribution in [3.63, 3.8) is 0 Å². The molecule has 3 aromatic heterocycles. The third-order valence-corrected chi connectivity index (χ3v) is 5.96. The van der Waals surface area contributed by atoms with Gasteiger partial charge in [-0.1, -0.05) is 6.07 Å². The van der Waals surface area contributed by atoms with Gasteiger partial charge in [0.05, 0.1) is 12.8 Å². The van der Waals surface area contributed by atoms with Gasteiger partial charge in [-0.2, -0.15) is 4.98 Å². The van der Waals surface area contributed by atoms with E-state index in [9.17, 15) is 4.79 Å². The van der Waals surface area contributed by atoms with E-state index in [1.165, 1.54) is 0 Å². The molecule has 1 fully saturated rings. The number of carbonyl (C=O) groups is 1. The van der Waals surface area contributed by atoms with Gasteiger partial charge in [-0.05, 0) is 50.2 Å². The summed E-state index contributed by atoms with van der Waals surface area (Å²) in [7, 11) is 1.65. The highest BCUT2D eigenvalue weighted by Gasteiger charge is 2.27. The fourth-order valence-electron chi connectivity index (χ4n) is 4.21. The highest BCUT2D eigenvalue weighted by molar-refractivity contribution is 5.94. The van der Waals surface area contributed by atoms with E-state index < -0.39 is 0 Å². The fraction of sp³-hybridized carbons (Fsp3) is 0.280. The van der Waals surface area contributed by atoms with E-state index in [0.717, 1.165) is 34.3 Å². The Bertz CT molecular complexity index is 1330. The second kappa shape index (κ2) is 9.01. The Morgan fingerprint density at radius 2 is 1.74 bits per heavy atom.